The van der Waals surface area contributed by atoms with Gasteiger partial charge in [-0.2, -0.15) is 11.8 Å². The molecule has 2 rings (SSSR count). The van der Waals surface area contributed by atoms with Gasteiger partial charge in [0.15, 0.2) is 0 Å². The van der Waals surface area contributed by atoms with Crippen LogP contribution in [0.3, 0.4) is 0 Å². The fourth-order valence-corrected chi connectivity index (χ4v) is 4.02. The van der Waals surface area contributed by atoms with E-state index in [2.05, 4.69) is 41.5 Å². The first kappa shape index (κ1) is 11.5. The molecule has 84 valence electrons. The van der Waals surface area contributed by atoms with Crippen molar-refractivity contribution in [3.05, 3.63) is 22.4 Å². The normalized spacial score (nSPS) is 20.3. The van der Waals surface area contributed by atoms with E-state index in [1.165, 1.54) is 35.6 Å². The Kier molecular flexibility index (Phi) is 4.54. The van der Waals surface area contributed by atoms with Crippen LogP contribution in [0.25, 0.3) is 0 Å². The Morgan fingerprint density at radius 3 is 2.87 bits per heavy atom. The van der Waals surface area contributed by atoms with Crippen molar-refractivity contribution in [3.8, 4) is 0 Å². The van der Waals surface area contributed by atoms with Crippen molar-refractivity contribution in [3.63, 3.8) is 0 Å². The maximum Gasteiger partial charge on any atom is 0.0414 e. The average molecular weight is 241 g/mol. The molecule has 0 aliphatic carbocycles. The van der Waals surface area contributed by atoms with Crippen molar-refractivity contribution in [2.75, 3.05) is 11.5 Å². The Bertz CT molecular complexity index is 265. The predicted octanol–water partition coefficient (Wildman–Crippen LogP) is 3.68. The Balaban J connectivity index is 1.90. The van der Waals surface area contributed by atoms with Gasteiger partial charge in [-0.1, -0.05) is 13.0 Å². The van der Waals surface area contributed by atoms with Gasteiger partial charge in [-0.15, -0.1) is 11.3 Å². The molecular weight excluding hydrogens is 222 g/mol. The number of nitrogens with one attached hydrogen (secondary N) is 1. The van der Waals surface area contributed by atoms with Gasteiger partial charge in [0, 0.05) is 17.0 Å². The van der Waals surface area contributed by atoms with E-state index < -0.39 is 0 Å². The summed E-state index contributed by atoms with van der Waals surface area (Å²) in [5.74, 6) is 2.66. The number of thiophene rings is 1. The summed E-state index contributed by atoms with van der Waals surface area (Å²) in [5, 5.41) is 5.98. The Morgan fingerprint density at radius 1 is 1.47 bits per heavy atom. The molecular formula is C12H19NS2. The highest BCUT2D eigenvalue weighted by Gasteiger charge is 2.18. The van der Waals surface area contributed by atoms with Crippen LogP contribution in [0.1, 0.15) is 37.1 Å². The first-order chi connectivity index (χ1) is 7.40. The number of hydrogen-bond donors (Lipinski definition) is 1. The summed E-state index contributed by atoms with van der Waals surface area (Å²) in [7, 11) is 0. The summed E-state index contributed by atoms with van der Waals surface area (Å²) in [5.41, 5.74) is 0. The molecule has 0 radical (unpaired) electrons. The molecule has 1 fully saturated rings. The average Bonchev–Trinajstić information content (AvgIpc) is 2.81. The summed E-state index contributed by atoms with van der Waals surface area (Å²) in [6.07, 6.45) is 3.88. The molecule has 0 spiro atoms. The third-order valence-corrected chi connectivity index (χ3v) is 4.99. The second-order valence-electron chi connectivity index (χ2n) is 4.03. The van der Waals surface area contributed by atoms with Crippen molar-refractivity contribution in [2.45, 2.75) is 38.3 Å². The zero-order chi connectivity index (χ0) is 10.5. The quantitative estimate of drug-likeness (QED) is 0.863. The van der Waals surface area contributed by atoms with Gasteiger partial charge in [0.05, 0.1) is 0 Å². The SMILES string of the molecule is CCC(NC1CCSCC1)c1cccs1. The molecule has 1 aliphatic rings. The molecule has 15 heavy (non-hydrogen) atoms. The number of thioether (sulfide) groups is 1. The van der Waals surface area contributed by atoms with Crippen molar-refractivity contribution >= 4 is 23.1 Å². The highest BCUT2D eigenvalue weighted by Crippen LogP contribution is 2.25. The second kappa shape index (κ2) is 5.92. The predicted molar refractivity (Wildman–Crippen MR) is 70.8 cm³/mol. The molecule has 1 nitrogen and oxygen atoms in total. The fraction of sp³-hybridized carbons (Fsp3) is 0.667. The van der Waals surface area contributed by atoms with Crippen LogP contribution >= 0.6 is 23.1 Å². The van der Waals surface area contributed by atoms with Crippen molar-refractivity contribution in [2.24, 2.45) is 0 Å². The highest BCUT2D eigenvalue weighted by atomic mass is 32.2. The second-order valence-corrected chi connectivity index (χ2v) is 6.23. The van der Waals surface area contributed by atoms with E-state index in [4.69, 9.17) is 0 Å². The van der Waals surface area contributed by atoms with E-state index in [1.807, 2.05) is 11.3 Å². The Labute approximate surface area is 101 Å². The lowest BCUT2D eigenvalue weighted by atomic mass is 10.1. The summed E-state index contributed by atoms with van der Waals surface area (Å²) in [6.45, 7) is 2.27. The molecule has 1 aromatic rings. The molecule has 0 bridgehead atoms. The van der Waals surface area contributed by atoms with Crippen LogP contribution < -0.4 is 5.32 Å². The monoisotopic (exact) mass is 241 g/mol. The van der Waals surface area contributed by atoms with Gasteiger partial charge in [-0.25, -0.2) is 0 Å². The van der Waals surface area contributed by atoms with Crippen LogP contribution in [0.5, 0.6) is 0 Å². The maximum absolute atomic E-state index is 3.81. The minimum Gasteiger partial charge on any atom is -0.306 e. The molecule has 1 aromatic heterocycles. The van der Waals surface area contributed by atoms with E-state index in [0.29, 0.717) is 6.04 Å². The lowest BCUT2D eigenvalue weighted by Crippen LogP contribution is -2.35. The van der Waals surface area contributed by atoms with Gasteiger partial charge in [0.2, 0.25) is 0 Å². The summed E-state index contributed by atoms with van der Waals surface area (Å²) in [4.78, 5) is 1.50. The van der Waals surface area contributed by atoms with Gasteiger partial charge >= 0.3 is 0 Å². The van der Waals surface area contributed by atoms with Crippen molar-refractivity contribution in [1.82, 2.24) is 5.32 Å². The molecule has 2 heterocycles. The third kappa shape index (κ3) is 3.23. The highest BCUT2D eigenvalue weighted by molar-refractivity contribution is 7.99. The van der Waals surface area contributed by atoms with Crippen LogP contribution in [0.2, 0.25) is 0 Å². The standard InChI is InChI=1S/C12H19NS2/c1-2-11(12-4-3-7-15-12)13-10-5-8-14-9-6-10/h3-4,7,10-11,13H,2,5-6,8-9H2,1H3. The van der Waals surface area contributed by atoms with Gasteiger partial charge in [-0.3, -0.25) is 0 Å². The molecule has 3 heteroatoms. The number of hydrogen-bond acceptors (Lipinski definition) is 3. The zero-order valence-corrected chi connectivity index (χ0v) is 10.9. The number of rotatable bonds is 4. The minimum absolute atomic E-state index is 0.582. The molecule has 1 aliphatic heterocycles. The van der Waals surface area contributed by atoms with E-state index in [-0.39, 0.29) is 0 Å². The molecule has 1 N–H and O–H groups in total. The summed E-state index contributed by atoms with van der Waals surface area (Å²) >= 11 is 3.97. The molecule has 1 saturated heterocycles. The fourth-order valence-electron chi connectivity index (χ4n) is 2.04. The van der Waals surface area contributed by atoms with Crippen LogP contribution in [-0.2, 0) is 0 Å². The minimum atomic E-state index is 0.582. The Hall–Kier alpha value is 0.01000. The van der Waals surface area contributed by atoms with E-state index in [1.54, 1.807) is 0 Å². The van der Waals surface area contributed by atoms with Gasteiger partial charge < -0.3 is 5.32 Å². The molecule has 0 saturated carbocycles. The van der Waals surface area contributed by atoms with Crippen molar-refractivity contribution in [1.29, 1.82) is 0 Å². The maximum atomic E-state index is 3.81. The van der Waals surface area contributed by atoms with E-state index in [9.17, 15) is 0 Å². The van der Waals surface area contributed by atoms with Gasteiger partial charge in [0.1, 0.15) is 0 Å². The molecule has 0 aromatic carbocycles. The Morgan fingerprint density at radius 2 is 2.27 bits per heavy atom. The van der Waals surface area contributed by atoms with E-state index >= 15 is 0 Å². The van der Waals surface area contributed by atoms with E-state index in [0.717, 1.165) is 6.04 Å². The van der Waals surface area contributed by atoms with Crippen LogP contribution in [-0.4, -0.2) is 17.5 Å². The van der Waals surface area contributed by atoms with Crippen molar-refractivity contribution < 1.29 is 0 Å². The molecule has 0 amide bonds. The van der Waals surface area contributed by atoms with Crippen LogP contribution in [0.4, 0.5) is 0 Å². The first-order valence-corrected chi connectivity index (χ1v) is 7.80. The zero-order valence-electron chi connectivity index (χ0n) is 9.24. The smallest absolute Gasteiger partial charge is 0.0414 e. The van der Waals surface area contributed by atoms with Gasteiger partial charge in [-0.05, 0) is 42.2 Å². The largest absolute Gasteiger partial charge is 0.306 e. The summed E-state index contributed by atoms with van der Waals surface area (Å²) in [6, 6.07) is 5.74. The molecule has 1 atom stereocenters. The van der Waals surface area contributed by atoms with Gasteiger partial charge in [0.25, 0.3) is 0 Å². The lowest BCUT2D eigenvalue weighted by molar-refractivity contribution is 0.410. The topological polar surface area (TPSA) is 12.0 Å². The lowest BCUT2D eigenvalue weighted by Gasteiger charge is -2.27. The molecule has 1 unspecified atom stereocenters. The third-order valence-electron chi connectivity index (χ3n) is 2.95. The first-order valence-electron chi connectivity index (χ1n) is 5.77. The summed E-state index contributed by atoms with van der Waals surface area (Å²) < 4.78 is 0. The van der Waals surface area contributed by atoms with Crippen LogP contribution in [0.15, 0.2) is 17.5 Å². The van der Waals surface area contributed by atoms with Crippen LogP contribution in [0, 0.1) is 0 Å².